The van der Waals surface area contributed by atoms with E-state index in [-0.39, 0.29) is 5.82 Å². The molecule has 0 atom stereocenters. The Hall–Kier alpha value is -2.10. The van der Waals surface area contributed by atoms with Gasteiger partial charge < -0.3 is 10.2 Å². The highest BCUT2D eigenvalue weighted by Crippen LogP contribution is 2.38. The smallest absolute Gasteiger partial charge is 0.128 e. The summed E-state index contributed by atoms with van der Waals surface area (Å²) in [5.74, 6) is 1.27. The van der Waals surface area contributed by atoms with Crippen LogP contribution >= 0.6 is 0 Å². The van der Waals surface area contributed by atoms with Gasteiger partial charge in [-0.2, -0.15) is 0 Å². The molecule has 1 aliphatic rings. The molecule has 0 amide bonds. The Kier molecular flexibility index (Phi) is 3.78. The molecule has 3 rings (SSSR count). The predicted molar refractivity (Wildman–Crippen MR) is 84.3 cm³/mol. The van der Waals surface area contributed by atoms with Crippen molar-refractivity contribution in [3.63, 3.8) is 0 Å². The Balaban J connectivity index is 1.55. The van der Waals surface area contributed by atoms with Crippen molar-refractivity contribution in [2.75, 3.05) is 24.3 Å². The summed E-state index contributed by atoms with van der Waals surface area (Å²) in [6, 6.07) is 11.4. The SMILES string of the molecule is CN(C)c1ccc(NC2CC(c3cccc(F)c3)C2)cn1. The molecule has 0 bridgehead atoms. The summed E-state index contributed by atoms with van der Waals surface area (Å²) in [6.45, 7) is 0. The molecule has 1 fully saturated rings. The molecule has 1 aliphatic carbocycles. The van der Waals surface area contributed by atoms with Crippen molar-refractivity contribution in [2.24, 2.45) is 0 Å². The third-order valence-electron chi connectivity index (χ3n) is 4.04. The number of rotatable bonds is 4. The topological polar surface area (TPSA) is 28.2 Å². The van der Waals surface area contributed by atoms with Crippen LogP contribution in [0.5, 0.6) is 0 Å². The van der Waals surface area contributed by atoms with Gasteiger partial charge in [0.15, 0.2) is 0 Å². The predicted octanol–water partition coefficient (Wildman–Crippen LogP) is 3.64. The Labute approximate surface area is 124 Å². The van der Waals surface area contributed by atoms with E-state index in [9.17, 15) is 4.39 Å². The van der Waals surface area contributed by atoms with E-state index in [0.29, 0.717) is 12.0 Å². The summed E-state index contributed by atoms with van der Waals surface area (Å²) >= 11 is 0. The minimum atomic E-state index is -0.146. The van der Waals surface area contributed by atoms with Gasteiger partial charge in [-0.25, -0.2) is 9.37 Å². The summed E-state index contributed by atoms with van der Waals surface area (Å²) in [4.78, 5) is 6.37. The number of aromatic nitrogens is 1. The fraction of sp³-hybridized carbons (Fsp3) is 0.353. The lowest BCUT2D eigenvalue weighted by Crippen LogP contribution is -2.34. The zero-order valence-electron chi connectivity index (χ0n) is 12.4. The largest absolute Gasteiger partial charge is 0.381 e. The first-order valence-electron chi connectivity index (χ1n) is 7.27. The summed E-state index contributed by atoms with van der Waals surface area (Å²) in [5.41, 5.74) is 2.15. The maximum Gasteiger partial charge on any atom is 0.128 e. The lowest BCUT2D eigenvalue weighted by atomic mass is 9.76. The van der Waals surface area contributed by atoms with E-state index >= 15 is 0 Å². The lowest BCUT2D eigenvalue weighted by Gasteiger charge is -2.36. The highest BCUT2D eigenvalue weighted by Gasteiger charge is 2.30. The lowest BCUT2D eigenvalue weighted by molar-refractivity contribution is 0.373. The Morgan fingerprint density at radius 3 is 2.62 bits per heavy atom. The number of halogens is 1. The average molecular weight is 285 g/mol. The molecule has 2 aromatic rings. The number of hydrogen-bond acceptors (Lipinski definition) is 3. The number of nitrogens with one attached hydrogen (secondary N) is 1. The van der Waals surface area contributed by atoms with Crippen LogP contribution in [0.1, 0.15) is 24.3 Å². The van der Waals surface area contributed by atoms with Crippen molar-refractivity contribution < 1.29 is 4.39 Å². The third kappa shape index (κ3) is 3.15. The molecule has 1 saturated carbocycles. The van der Waals surface area contributed by atoms with Crippen LogP contribution in [0.15, 0.2) is 42.6 Å². The highest BCUT2D eigenvalue weighted by atomic mass is 19.1. The van der Waals surface area contributed by atoms with Crippen molar-refractivity contribution in [1.29, 1.82) is 0 Å². The second-order valence-electron chi connectivity index (χ2n) is 5.86. The molecular formula is C17H20FN3. The monoisotopic (exact) mass is 285 g/mol. The van der Waals surface area contributed by atoms with Crippen molar-refractivity contribution in [2.45, 2.75) is 24.8 Å². The molecule has 1 N–H and O–H groups in total. The van der Waals surface area contributed by atoms with E-state index < -0.39 is 0 Å². The van der Waals surface area contributed by atoms with E-state index in [1.165, 1.54) is 6.07 Å². The molecule has 1 aromatic heterocycles. The third-order valence-corrected chi connectivity index (χ3v) is 4.04. The second-order valence-corrected chi connectivity index (χ2v) is 5.86. The molecule has 0 radical (unpaired) electrons. The van der Waals surface area contributed by atoms with Gasteiger partial charge in [-0.3, -0.25) is 0 Å². The van der Waals surface area contributed by atoms with Crippen LogP contribution in [-0.4, -0.2) is 25.1 Å². The molecule has 0 spiro atoms. The van der Waals surface area contributed by atoms with E-state index in [2.05, 4.69) is 16.4 Å². The van der Waals surface area contributed by atoms with E-state index in [1.807, 2.05) is 37.3 Å². The molecule has 110 valence electrons. The van der Waals surface area contributed by atoms with Crippen molar-refractivity contribution >= 4 is 11.5 Å². The molecule has 4 heteroatoms. The molecule has 21 heavy (non-hydrogen) atoms. The van der Waals surface area contributed by atoms with Crippen LogP contribution in [0.25, 0.3) is 0 Å². The normalized spacial score (nSPS) is 20.7. The zero-order valence-corrected chi connectivity index (χ0v) is 12.4. The number of anilines is 2. The van der Waals surface area contributed by atoms with Crippen molar-refractivity contribution in [3.8, 4) is 0 Å². The maximum atomic E-state index is 13.2. The van der Waals surface area contributed by atoms with Crippen LogP contribution < -0.4 is 10.2 Å². The van der Waals surface area contributed by atoms with Crippen LogP contribution in [-0.2, 0) is 0 Å². The van der Waals surface area contributed by atoms with Gasteiger partial charge in [0.05, 0.1) is 11.9 Å². The van der Waals surface area contributed by atoms with Gasteiger partial charge in [0, 0.05) is 20.1 Å². The van der Waals surface area contributed by atoms with Gasteiger partial charge >= 0.3 is 0 Å². The maximum absolute atomic E-state index is 13.2. The number of pyridine rings is 1. The van der Waals surface area contributed by atoms with Gasteiger partial charge in [0.1, 0.15) is 11.6 Å². The van der Waals surface area contributed by atoms with Crippen molar-refractivity contribution in [3.05, 3.63) is 54.0 Å². The number of hydrogen-bond donors (Lipinski definition) is 1. The number of nitrogens with zero attached hydrogens (tertiary/aromatic N) is 2. The molecule has 0 unspecified atom stereocenters. The number of benzene rings is 1. The van der Waals surface area contributed by atoms with Gasteiger partial charge in [-0.1, -0.05) is 12.1 Å². The first kappa shape index (κ1) is 13.9. The van der Waals surface area contributed by atoms with Crippen LogP contribution in [0, 0.1) is 5.82 Å². The minimum absolute atomic E-state index is 0.146. The first-order valence-corrected chi connectivity index (χ1v) is 7.27. The van der Waals surface area contributed by atoms with Gasteiger partial charge in [-0.15, -0.1) is 0 Å². The summed E-state index contributed by atoms with van der Waals surface area (Å²) in [7, 11) is 3.95. The summed E-state index contributed by atoms with van der Waals surface area (Å²) < 4.78 is 13.2. The minimum Gasteiger partial charge on any atom is -0.381 e. The first-order chi connectivity index (χ1) is 10.1. The van der Waals surface area contributed by atoms with Gasteiger partial charge in [-0.05, 0) is 48.6 Å². The molecule has 1 heterocycles. The molecule has 0 aliphatic heterocycles. The van der Waals surface area contributed by atoms with Gasteiger partial charge in [0.25, 0.3) is 0 Å². The van der Waals surface area contributed by atoms with Crippen LogP contribution in [0.3, 0.4) is 0 Å². The zero-order chi connectivity index (χ0) is 14.8. The van der Waals surface area contributed by atoms with Gasteiger partial charge in [0.2, 0.25) is 0 Å². The fourth-order valence-corrected chi connectivity index (χ4v) is 2.74. The van der Waals surface area contributed by atoms with Crippen LogP contribution in [0.4, 0.5) is 15.9 Å². The van der Waals surface area contributed by atoms with E-state index in [4.69, 9.17) is 0 Å². The Bertz CT molecular complexity index is 604. The fourth-order valence-electron chi connectivity index (χ4n) is 2.74. The second kappa shape index (κ2) is 5.72. The summed E-state index contributed by atoms with van der Waals surface area (Å²) in [5, 5.41) is 3.48. The molecular weight excluding hydrogens is 265 g/mol. The summed E-state index contributed by atoms with van der Waals surface area (Å²) in [6.07, 6.45) is 3.95. The van der Waals surface area contributed by atoms with Crippen LogP contribution in [0.2, 0.25) is 0 Å². The highest BCUT2D eigenvalue weighted by molar-refractivity contribution is 5.49. The van der Waals surface area contributed by atoms with E-state index in [1.54, 1.807) is 12.1 Å². The molecule has 0 saturated heterocycles. The Morgan fingerprint density at radius 1 is 1.19 bits per heavy atom. The quantitative estimate of drug-likeness (QED) is 0.929. The van der Waals surface area contributed by atoms with E-state index in [0.717, 1.165) is 29.9 Å². The average Bonchev–Trinajstić information content (AvgIpc) is 2.43. The standard InChI is InChI=1S/C17H20FN3/c1-21(2)17-7-6-15(11-19-17)20-16-9-13(10-16)12-4-3-5-14(18)8-12/h3-8,11,13,16,20H,9-10H2,1-2H3. The van der Waals surface area contributed by atoms with Crippen molar-refractivity contribution in [1.82, 2.24) is 4.98 Å². The Morgan fingerprint density at radius 2 is 2.00 bits per heavy atom. The molecule has 1 aromatic carbocycles. The molecule has 3 nitrogen and oxygen atoms in total.